The van der Waals surface area contributed by atoms with E-state index in [0.29, 0.717) is 11.1 Å². The molecule has 0 saturated carbocycles. The van der Waals surface area contributed by atoms with Crippen LogP contribution in [-0.4, -0.2) is 24.5 Å². The van der Waals surface area contributed by atoms with Gasteiger partial charge in [0.2, 0.25) is 0 Å². The Morgan fingerprint density at radius 3 is 2.26 bits per heavy atom. The van der Waals surface area contributed by atoms with Gasteiger partial charge < -0.3 is 0 Å². The normalized spacial score (nSPS) is 12.1. The van der Waals surface area contributed by atoms with Crippen molar-refractivity contribution in [3.05, 3.63) is 36.2 Å². The third kappa shape index (κ3) is 2.65. The van der Waals surface area contributed by atoms with Gasteiger partial charge in [-0.2, -0.15) is 5.10 Å². The lowest BCUT2D eigenvalue weighted by Crippen LogP contribution is -2.00. The van der Waals surface area contributed by atoms with E-state index in [1.54, 1.807) is 0 Å². The second-order valence-corrected chi connectivity index (χ2v) is 6.18. The zero-order chi connectivity index (χ0) is 14.2. The zero-order valence-corrected chi connectivity index (χ0v) is 11.2. The number of hydrogen-bond donors (Lipinski definition) is 0. The first-order chi connectivity index (χ1) is 8.80. The Morgan fingerprint density at radius 1 is 1.21 bits per heavy atom. The fourth-order valence-electron chi connectivity index (χ4n) is 1.81. The first kappa shape index (κ1) is 13.7. The lowest BCUT2D eigenvalue weighted by molar-refractivity contribution is 0.141. The fraction of sp³-hybridized carbons (Fsp3) is 0.250. The van der Waals surface area contributed by atoms with Crippen LogP contribution in [0.4, 0.5) is 8.78 Å². The lowest BCUT2D eigenvalue weighted by atomic mass is 10.1. The minimum absolute atomic E-state index is 0.152. The van der Waals surface area contributed by atoms with Gasteiger partial charge in [0.15, 0.2) is 9.84 Å². The number of halogens is 2. The van der Waals surface area contributed by atoms with Gasteiger partial charge in [0.1, 0.15) is 5.69 Å². The highest BCUT2D eigenvalue weighted by Crippen LogP contribution is 2.31. The highest BCUT2D eigenvalue weighted by molar-refractivity contribution is 7.90. The molecule has 102 valence electrons. The Hall–Kier alpha value is -1.76. The summed E-state index contributed by atoms with van der Waals surface area (Å²) in [5.74, 6) is 0. The maximum absolute atomic E-state index is 12.9. The molecule has 0 N–H and O–H groups in total. The first-order valence-electron chi connectivity index (χ1n) is 5.41. The van der Waals surface area contributed by atoms with E-state index < -0.39 is 16.3 Å². The summed E-state index contributed by atoms with van der Waals surface area (Å²) >= 11 is 0. The number of alkyl halides is 2. The Labute approximate surface area is 109 Å². The molecular formula is C12H12F2N2O2S. The molecule has 1 aromatic heterocycles. The number of benzene rings is 1. The van der Waals surface area contributed by atoms with Crippen LogP contribution in [0, 0.1) is 0 Å². The molecule has 7 heteroatoms. The molecule has 2 rings (SSSR count). The predicted octanol–water partition coefficient (Wildman–Crippen LogP) is 2.43. The SMILES string of the molecule is Cn1ncc(-c2ccc(S(C)(=O)=O)cc2)c1C(F)F. The molecule has 0 fully saturated rings. The van der Waals surface area contributed by atoms with Gasteiger partial charge >= 0.3 is 0 Å². The van der Waals surface area contributed by atoms with Gasteiger partial charge in [0.25, 0.3) is 6.43 Å². The van der Waals surface area contributed by atoms with E-state index in [2.05, 4.69) is 5.10 Å². The average molecular weight is 286 g/mol. The minimum Gasteiger partial charge on any atom is -0.266 e. The van der Waals surface area contributed by atoms with Gasteiger partial charge in [-0.15, -0.1) is 0 Å². The molecule has 0 saturated heterocycles. The van der Waals surface area contributed by atoms with Crippen molar-refractivity contribution < 1.29 is 17.2 Å². The Kier molecular flexibility index (Phi) is 3.40. The first-order valence-corrected chi connectivity index (χ1v) is 7.30. The molecule has 0 spiro atoms. The van der Waals surface area contributed by atoms with Crippen molar-refractivity contribution >= 4 is 9.84 Å². The number of rotatable bonds is 3. The van der Waals surface area contributed by atoms with E-state index >= 15 is 0 Å². The summed E-state index contributed by atoms with van der Waals surface area (Å²) in [6.07, 6.45) is -0.203. The quantitative estimate of drug-likeness (QED) is 0.870. The van der Waals surface area contributed by atoms with Gasteiger partial charge in [0.05, 0.1) is 11.1 Å². The maximum atomic E-state index is 12.9. The molecule has 0 aliphatic carbocycles. The number of sulfone groups is 1. The number of hydrogen-bond acceptors (Lipinski definition) is 3. The van der Waals surface area contributed by atoms with Crippen LogP contribution >= 0.6 is 0 Å². The van der Waals surface area contributed by atoms with Gasteiger partial charge in [0, 0.05) is 18.9 Å². The van der Waals surface area contributed by atoms with Crippen LogP contribution in [0.3, 0.4) is 0 Å². The summed E-state index contributed by atoms with van der Waals surface area (Å²) in [6, 6.07) is 5.79. The molecule has 0 atom stereocenters. The number of nitrogens with zero attached hydrogens (tertiary/aromatic N) is 2. The summed E-state index contributed by atoms with van der Waals surface area (Å²) in [5.41, 5.74) is 0.625. The molecule has 0 amide bonds. The van der Waals surface area contributed by atoms with Gasteiger partial charge in [-0.25, -0.2) is 17.2 Å². The smallest absolute Gasteiger partial charge is 0.266 e. The maximum Gasteiger partial charge on any atom is 0.280 e. The van der Waals surface area contributed by atoms with Crippen LogP contribution in [0.15, 0.2) is 35.4 Å². The van der Waals surface area contributed by atoms with Gasteiger partial charge in [-0.3, -0.25) is 4.68 Å². The molecule has 1 heterocycles. The fourth-order valence-corrected chi connectivity index (χ4v) is 2.44. The molecule has 0 bridgehead atoms. The largest absolute Gasteiger partial charge is 0.280 e. The summed E-state index contributed by atoms with van der Waals surface area (Å²) in [5, 5.41) is 3.80. The lowest BCUT2D eigenvalue weighted by Gasteiger charge is -2.06. The Balaban J connectivity index is 2.49. The third-order valence-electron chi connectivity index (χ3n) is 2.78. The third-order valence-corrected chi connectivity index (χ3v) is 3.91. The zero-order valence-electron chi connectivity index (χ0n) is 10.3. The molecule has 0 aliphatic rings. The summed E-state index contributed by atoms with van der Waals surface area (Å²) in [4.78, 5) is 0.152. The molecule has 19 heavy (non-hydrogen) atoms. The molecular weight excluding hydrogens is 274 g/mol. The van der Waals surface area contributed by atoms with Crippen LogP contribution in [0.5, 0.6) is 0 Å². The standard InChI is InChI=1S/C12H12F2N2O2S/c1-16-11(12(13)14)10(7-15-16)8-3-5-9(6-4-8)19(2,17)18/h3-7,12H,1-2H3. The Bertz CT molecular complexity index is 691. The van der Waals surface area contributed by atoms with Crippen LogP contribution in [0.25, 0.3) is 11.1 Å². The van der Waals surface area contributed by atoms with Crippen LogP contribution < -0.4 is 0 Å². The van der Waals surface area contributed by atoms with Crippen molar-refractivity contribution in [2.24, 2.45) is 7.05 Å². The monoisotopic (exact) mass is 286 g/mol. The summed E-state index contributed by atoms with van der Waals surface area (Å²) < 4.78 is 49.6. The molecule has 0 aliphatic heterocycles. The molecule has 0 unspecified atom stereocenters. The number of aryl methyl sites for hydroxylation is 1. The highest BCUT2D eigenvalue weighted by Gasteiger charge is 2.19. The molecule has 2 aromatic rings. The van der Waals surface area contributed by atoms with Crippen molar-refractivity contribution in [3.8, 4) is 11.1 Å². The van der Waals surface area contributed by atoms with E-state index in [9.17, 15) is 17.2 Å². The predicted molar refractivity (Wildman–Crippen MR) is 66.7 cm³/mol. The van der Waals surface area contributed by atoms with E-state index in [1.807, 2.05) is 0 Å². The topological polar surface area (TPSA) is 52.0 Å². The van der Waals surface area contributed by atoms with Crippen molar-refractivity contribution in [2.75, 3.05) is 6.26 Å². The van der Waals surface area contributed by atoms with E-state index in [-0.39, 0.29) is 10.6 Å². The second kappa shape index (κ2) is 4.73. The second-order valence-electron chi connectivity index (χ2n) is 4.16. The summed E-state index contributed by atoms with van der Waals surface area (Å²) in [7, 11) is -1.85. The molecule has 0 radical (unpaired) electrons. The average Bonchev–Trinajstić information content (AvgIpc) is 2.70. The van der Waals surface area contributed by atoms with Crippen LogP contribution in [-0.2, 0) is 16.9 Å². The van der Waals surface area contributed by atoms with E-state index in [1.165, 1.54) is 37.5 Å². The van der Waals surface area contributed by atoms with Crippen LogP contribution in [0.2, 0.25) is 0 Å². The van der Waals surface area contributed by atoms with Gasteiger partial charge in [-0.05, 0) is 17.7 Å². The highest BCUT2D eigenvalue weighted by atomic mass is 32.2. The van der Waals surface area contributed by atoms with Gasteiger partial charge in [-0.1, -0.05) is 12.1 Å². The van der Waals surface area contributed by atoms with Crippen molar-refractivity contribution in [1.82, 2.24) is 9.78 Å². The van der Waals surface area contributed by atoms with Crippen LogP contribution in [0.1, 0.15) is 12.1 Å². The minimum atomic E-state index is -3.29. The Morgan fingerprint density at radius 2 is 1.79 bits per heavy atom. The molecule has 4 nitrogen and oxygen atoms in total. The van der Waals surface area contributed by atoms with Crippen molar-refractivity contribution in [3.63, 3.8) is 0 Å². The van der Waals surface area contributed by atoms with E-state index in [0.717, 1.165) is 10.9 Å². The van der Waals surface area contributed by atoms with Crippen molar-refractivity contribution in [2.45, 2.75) is 11.3 Å². The number of aromatic nitrogens is 2. The molecule has 1 aromatic carbocycles. The van der Waals surface area contributed by atoms with Crippen molar-refractivity contribution in [1.29, 1.82) is 0 Å². The summed E-state index contributed by atoms with van der Waals surface area (Å²) in [6.45, 7) is 0. The van der Waals surface area contributed by atoms with E-state index in [4.69, 9.17) is 0 Å².